The number of amides is 1. The van der Waals surface area contributed by atoms with E-state index < -0.39 is 0 Å². The maximum absolute atomic E-state index is 11.8. The highest BCUT2D eigenvalue weighted by Gasteiger charge is 2.10. The van der Waals surface area contributed by atoms with E-state index in [1.54, 1.807) is 12.1 Å². The number of carbonyl (C=O) groups is 1. The molecule has 4 heteroatoms. The van der Waals surface area contributed by atoms with Gasteiger partial charge in [0.05, 0.1) is 5.56 Å². The van der Waals surface area contributed by atoms with Crippen LogP contribution < -0.4 is 5.32 Å². The van der Waals surface area contributed by atoms with Crippen LogP contribution in [0.5, 0.6) is 5.75 Å². The average molecular weight is 314 g/mol. The molecule has 0 radical (unpaired) electrons. The Bertz CT molecular complexity index is 405. The third-order valence-corrected chi connectivity index (χ3v) is 3.19. The number of halogens is 1. The summed E-state index contributed by atoms with van der Waals surface area (Å²) in [6.07, 6.45) is 3.26. The maximum Gasteiger partial charge on any atom is 0.255 e. The quantitative estimate of drug-likeness (QED) is 0.786. The molecule has 1 amide bonds. The highest BCUT2D eigenvalue weighted by atomic mass is 79.9. The van der Waals surface area contributed by atoms with E-state index in [0.717, 1.165) is 17.3 Å². The fraction of sp³-hybridized carbons (Fsp3) is 0.500. The van der Waals surface area contributed by atoms with Crippen LogP contribution in [0, 0.1) is 5.92 Å². The van der Waals surface area contributed by atoms with Crippen molar-refractivity contribution < 1.29 is 9.90 Å². The van der Waals surface area contributed by atoms with Gasteiger partial charge in [0.2, 0.25) is 0 Å². The lowest BCUT2D eigenvalue weighted by atomic mass is 10.1. The van der Waals surface area contributed by atoms with Crippen LogP contribution in [0.15, 0.2) is 22.7 Å². The van der Waals surface area contributed by atoms with Crippen molar-refractivity contribution in [2.45, 2.75) is 33.1 Å². The fourth-order valence-electron chi connectivity index (χ4n) is 1.66. The van der Waals surface area contributed by atoms with Gasteiger partial charge in [-0.05, 0) is 30.5 Å². The van der Waals surface area contributed by atoms with Gasteiger partial charge in [-0.3, -0.25) is 4.79 Å². The number of carbonyl (C=O) groups excluding carboxylic acids is 1. The smallest absolute Gasteiger partial charge is 0.255 e. The first kappa shape index (κ1) is 15.0. The van der Waals surface area contributed by atoms with E-state index in [1.165, 1.54) is 12.5 Å². The molecule has 0 fully saturated rings. The molecule has 0 aliphatic heterocycles. The number of hydrogen-bond acceptors (Lipinski definition) is 2. The van der Waals surface area contributed by atoms with Gasteiger partial charge in [0.15, 0.2) is 0 Å². The van der Waals surface area contributed by atoms with E-state index in [4.69, 9.17) is 0 Å². The highest BCUT2D eigenvalue weighted by molar-refractivity contribution is 9.10. The first-order valence-electron chi connectivity index (χ1n) is 6.27. The van der Waals surface area contributed by atoms with Crippen LogP contribution in [0.3, 0.4) is 0 Å². The molecule has 0 spiro atoms. The van der Waals surface area contributed by atoms with Gasteiger partial charge in [-0.2, -0.15) is 0 Å². The van der Waals surface area contributed by atoms with Crippen molar-refractivity contribution in [1.29, 1.82) is 0 Å². The van der Waals surface area contributed by atoms with Crippen LogP contribution >= 0.6 is 15.9 Å². The van der Waals surface area contributed by atoms with Crippen LogP contribution in [0.2, 0.25) is 0 Å². The molecule has 0 heterocycles. The van der Waals surface area contributed by atoms with Gasteiger partial charge < -0.3 is 10.4 Å². The lowest BCUT2D eigenvalue weighted by Gasteiger charge is -2.08. The predicted molar refractivity (Wildman–Crippen MR) is 76.8 cm³/mol. The van der Waals surface area contributed by atoms with Crippen LogP contribution in [-0.2, 0) is 0 Å². The molecule has 0 bridgehead atoms. The third-order valence-electron chi connectivity index (χ3n) is 2.70. The number of benzene rings is 1. The SMILES string of the molecule is CC(C)CCCCNC(=O)c1cc(Br)ccc1O. The second-order valence-corrected chi connectivity index (χ2v) is 5.72. The second kappa shape index (κ2) is 7.41. The summed E-state index contributed by atoms with van der Waals surface area (Å²) in [7, 11) is 0. The van der Waals surface area contributed by atoms with E-state index in [1.807, 2.05) is 0 Å². The van der Waals surface area contributed by atoms with E-state index in [2.05, 4.69) is 35.1 Å². The summed E-state index contributed by atoms with van der Waals surface area (Å²) in [6.45, 7) is 5.04. The van der Waals surface area contributed by atoms with Crippen molar-refractivity contribution in [1.82, 2.24) is 5.32 Å². The lowest BCUT2D eigenvalue weighted by molar-refractivity contribution is 0.0950. The van der Waals surface area contributed by atoms with Crippen LogP contribution in [0.25, 0.3) is 0 Å². The number of rotatable bonds is 6. The molecule has 18 heavy (non-hydrogen) atoms. The minimum atomic E-state index is -0.224. The molecule has 3 nitrogen and oxygen atoms in total. The zero-order valence-electron chi connectivity index (χ0n) is 10.9. The Hall–Kier alpha value is -1.03. The minimum absolute atomic E-state index is 0.0119. The number of aromatic hydroxyl groups is 1. The summed E-state index contributed by atoms with van der Waals surface area (Å²) in [6, 6.07) is 4.84. The highest BCUT2D eigenvalue weighted by Crippen LogP contribution is 2.21. The molecule has 100 valence electrons. The van der Waals surface area contributed by atoms with Crippen molar-refractivity contribution >= 4 is 21.8 Å². The minimum Gasteiger partial charge on any atom is -0.507 e. The van der Waals surface area contributed by atoms with Gasteiger partial charge in [0.25, 0.3) is 5.91 Å². The van der Waals surface area contributed by atoms with Gasteiger partial charge in [-0.1, -0.05) is 42.6 Å². The lowest BCUT2D eigenvalue weighted by Crippen LogP contribution is -2.24. The average Bonchev–Trinajstić information content (AvgIpc) is 2.31. The molecule has 0 saturated heterocycles. The Morgan fingerprint density at radius 1 is 1.39 bits per heavy atom. The molecule has 0 aromatic heterocycles. The Balaban J connectivity index is 2.39. The van der Waals surface area contributed by atoms with Gasteiger partial charge in [0, 0.05) is 11.0 Å². The number of nitrogens with one attached hydrogen (secondary N) is 1. The summed E-state index contributed by atoms with van der Waals surface area (Å²) in [5, 5.41) is 12.4. The largest absolute Gasteiger partial charge is 0.507 e. The Labute approximate surface area is 117 Å². The normalized spacial score (nSPS) is 10.7. The van der Waals surface area contributed by atoms with Crippen LogP contribution in [0.4, 0.5) is 0 Å². The van der Waals surface area contributed by atoms with Gasteiger partial charge in [-0.15, -0.1) is 0 Å². The number of unbranched alkanes of at least 4 members (excludes halogenated alkanes) is 1. The van der Waals surface area contributed by atoms with Gasteiger partial charge in [0.1, 0.15) is 5.75 Å². The predicted octanol–water partition coefficient (Wildman–Crippen LogP) is 3.71. The summed E-state index contributed by atoms with van der Waals surface area (Å²) < 4.78 is 0.783. The molecule has 0 atom stereocenters. The summed E-state index contributed by atoms with van der Waals surface area (Å²) in [4.78, 5) is 11.8. The summed E-state index contributed by atoms with van der Waals surface area (Å²) >= 11 is 3.28. The van der Waals surface area contributed by atoms with Gasteiger partial charge >= 0.3 is 0 Å². The Morgan fingerprint density at radius 3 is 2.78 bits per heavy atom. The summed E-state index contributed by atoms with van der Waals surface area (Å²) in [5.41, 5.74) is 0.313. The maximum atomic E-state index is 11.8. The fourth-order valence-corrected chi connectivity index (χ4v) is 2.03. The second-order valence-electron chi connectivity index (χ2n) is 4.81. The van der Waals surface area contributed by atoms with E-state index in [0.29, 0.717) is 18.0 Å². The zero-order chi connectivity index (χ0) is 13.5. The topological polar surface area (TPSA) is 49.3 Å². The van der Waals surface area contributed by atoms with Crippen molar-refractivity contribution in [2.75, 3.05) is 6.54 Å². The van der Waals surface area contributed by atoms with Gasteiger partial charge in [-0.25, -0.2) is 0 Å². The van der Waals surface area contributed by atoms with Crippen molar-refractivity contribution in [3.8, 4) is 5.75 Å². The molecule has 0 aliphatic rings. The number of phenolic OH excluding ortho intramolecular Hbond substituents is 1. The Morgan fingerprint density at radius 2 is 2.11 bits per heavy atom. The van der Waals surface area contributed by atoms with Crippen molar-refractivity contribution in [3.05, 3.63) is 28.2 Å². The van der Waals surface area contributed by atoms with Crippen molar-refractivity contribution in [3.63, 3.8) is 0 Å². The first-order valence-corrected chi connectivity index (χ1v) is 7.06. The standard InChI is InChI=1S/C14H20BrNO2/c1-10(2)5-3-4-8-16-14(18)12-9-11(15)6-7-13(12)17/h6-7,9-10,17H,3-5,8H2,1-2H3,(H,16,18). The molecule has 0 unspecified atom stereocenters. The molecule has 2 N–H and O–H groups in total. The third kappa shape index (κ3) is 5.08. The molecule has 1 aromatic carbocycles. The van der Waals surface area contributed by atoms with E-state index in [9.17, 15) is 9.90 Å². The molecule has 1 aromatic rings. The molecular formula is C14H20BrNO2. The number of hydrogen-bond donors (Lipinski definition) is 2. The van der Waals surface area contributed by atoms with Crippen LogP contribution in [0.1, 0.15) is 43.5 Å². The molecule has 0 saturated carbocycles. The van der Waals surface area contributed by atoms with Crippen LogP contribution in [-0.4, -0.2) is 17.6 Å². The molecule has 0 aliphatic carbocycles. The summed E-state index contributed by atoms with van der Waals surface area (Å²) in [5.74, 6) is 0.492. The Kier molecular flexibility index (Phi) is 6.19. The molecular weight excluding hydrogens is 294 g/mol. The molecule has 1 rings (SSSR count). The van der Waals surface area contributed by atoms with Crippen molar-refractivity contribution in [2.24, 2.45) is 5.92 Å². The van der Waals surface area contributed by atoms with E-state index >= 15 is 0 Å². The van der Waals surface area contributed by atoms with E-state index in [-0.39, 0.29) is 11.7 Å². The monoisotopic (exact) mass is 313 g/mol. The first-order chi connectivity index (χ1) is 8.50. The zero-order valence-corrected chi connectivity index (χ0v) is 12.5. The number of phenols is 1.